The number of rotatable bonds is 11. The molecular weight excluding hydrogens is 232 g/mol. The SMILES string of the molecule is CCC(CC)N(CC(C)C)C(C)CCNCC(C)C. The van der Waals surface area contributed by atoms with Gasteiger partial charge in [0.15, 0.2) is 0 Å². The molecule has 0 saturated carbocycles. The van der Waals surface area contributed by atoms with E-state index in [4.69, 9.17) is 0 Å². The van der Waals surface area contributed by atoms with E-state index in [1.165, 1.54) is 25.8 Å². The molecule has 0 saturated heterocycles. The summed E-state index contributed by atoms with van der Waals surface area (Å²) in [5.74, 6) is 1.51. The third-order valence-corrected chi connectivity index (χ3v) is 3.85. The van der Waals surface area contributed by atoms with E-state index in [1.54, 1.807) is 0 Å². The zero-order valence-electron chi connectivity index (χ0n) is 14.5. The van der Waals surface area contributed by atoms with E-state index in [0.29, 0.717) is 6.04 Å². The highest BCUT2D eigenvalue weighted by Gasteiger charge is 2.21. The average molecular weight is 271 g/mol. The summed E-state index contributed by atoms with van der Waals surface area (Å²) in [4.78, 5) is 2.74. The Morgan fingerprint density at radius 1 is 0.895 bits per heavy atom. The van der Waals surface area contributed by atoms with Gasteiger partial charge in [-0.2, -0.15) is 0 Å². The van der Waals surface area contributed by atoms with E-state index in [0.717, 1.165) is 31.0 Å². The number of hydrogen-bond donors (Lipinski definition) is 1. The zero-order chi connectivity index (χ0) is 14.8. The number of nitrogens with zero attached hydrogens (tertiary/aromatic N) is 1. The van der Waals surface area contributed by atoms with Crippen molar-refractivity contribution in [1.29, 1.82) is 0 Å². The number of nitrogens with one attached hydrogen (secondary N) is 1. The van der Waals surface area contributed by atoms with Crippen LogP contribution in [0.2, 0.25) is 0 Å². The maximum atomic E-state index is 3.57. The molecule has 0 heterocycles. The monoisotopic (exact) mass is 270 g/mol. The van der Waals surface area contributed by atoms with Gasteiger partial charge in [0, 0.05) is 18.6 Å². The normalized spacial score (nSPS) is 14.1. The Balaban J connectivity index is 4.25. The Hall–Kier alpha value is -0.0800. The van der Waals surface area contributed by atoms with Gasteiger partial charge in [0.2, 0.25) is 0 Å². The molecule has 0 aliphatic carbocycles. The second-order valence-corrected chi connectivity index (χ2v) is 6.80. The largest absolute Gasteiger partial charge is 0.316 e. The molecule has 0 amide bonds. The molecule has 0 bridgehead atoms. The van der Waals surface area contributed by atoms with Crippen molar-refractivity contribution < 1.29 is 0 Å². The van der Waals surface area contributed by atoms with E-state index in [2.05, 4.69) is 58.7 Å². The van der Waals surface area contributed by atoms with Crippen LogP contribution in [0.15, 0.2) is 0 Å². The van der Waals surface area contributed by atoms with E-state index < -0.39 is 0 Å². The first kappa shape index (κ1) is 18.9. The summed E-state index contributed by atoms with van der Waals surface area (Å²) < 4.78 is 0. The Kier molecular flexibility index (Phi) is 10.6. The highest BCUT2D eigenvalue weighted by molar-refractivity contribution is 4.77. The van der Waals surface area contributed by atoms with Crippen LogP contribution in [-0.4, -0.2) is 36.6 Å². The van der Waals surface area contributed by atoms with Gasteiger partial charge in [0.05, 0.1) is 0 Å². The van der Waals surface area contributed by atoms with Crippen molar-refractivity contribution in [3.8, 4) is 0 Å². The van der Waals surface area contributed by atoms with Crippen molar-refractivity contribution >= 4 is 0 Å². The van der Waals surface area contributed by atoms with Crippen LogP contribution in [-0.2, 0) is 0 Å². The summed E-state index contributed by atoms with van der Waals surface area (Å²) in [6, 6.07) is 1.44. The maximum Gasteiger partial charge on any atom is 0.00929 e. The molecule has 2 nitrogen and oxygen atoms in total. The molecule has 1 unspecified atom stereocenters. The Morgan fingerprint density at radius 2 is 1.47 bits per heavy atom. The molecular formula is C17H38N2. The molecule has 0 aromatic rings. The van der Waals surface area contributed by atoms with Crippen molar-refractivity contribution in [2.24, 2.45) is 11.8 Å². The van der Waals surface area contributed by atoms with Gasteiger partial charge >= 0.3 is 0 Å². The standard InChI is InChI=1S/C17H38N2/c1-8-17(9-2)19(13-15(5)6)16(7)10-11-18-12-14(3)4/h14-18H,8-13H2,1-7H3. The van der Waals surface area contributed by atoms with Crippen LogP contribution in [0.25, 0.3) is 0 Å². The Morgan fingerprint density at radius 3 is 1.89 bits per heavy atom. The fourth-order valence-electron chi connectivity index (χ4n) is 2.74. The van der Waals surface area contributed by atoms with Crippen LogP contribution in [0.5, 0.6) is 0 Å². The lowest BCUT2D eigenvalue weighted by molar-refractivity contribution is 0.112. The first-order chi connectivity index (χ1) is 8.92. The van der Waals surface area contributed by atoms with Crippen molar-refractivity contribution in [3.63, 3.8) is 0 Å². The molecule has 0 aromatic heterocycles. The smallest absolute Gasteiger partial charge is 0.00929 e. The Bertz CT molecular complexity index is 197. The summed E-state index contributed by atoms with van der Waals surface area (Å²) in [5, 5.41) is 3.57. The van der Waals surface area contributed by atoms with Crippen LogP contribution < -0.4 is 5.32 Å². The topological polar surface area (TPSA) is 15.3 Å². The van der Waals surface area contributed by atoms with Crippen molar-refractivity contribution in [3.05, 3.63) is 0 Å². The second-order valence-electron chi connectivity index (χ2n) is 6.80. The molecule has 0 aromatic carbocycles. The quantitative estimate of drug-likeness (QED) is 0.567. The minimum Gasteiger partial charge on any atom is -0.316 e. The summed E-state index contributed by atoms with van der Waals surface area (Å²) >= 11 is 0. The summed E-state index contributed by atoms with van der Waals surface area (Å²) in [7, 11) is 0. The lowest BCUT2D eigenvalue weighted by Gasteiger charge is -2.37. The summed E-state index contributed by atoms with van der Waals surface area (Å²) in [6.45, 7) is 19.8. The van der Waals surface area contributed by atoms with E-state index in [1.807, 2.05) is 0 Å². The fraction of sp³-hybridized carbons (Fsp3) is 1.00. The molecule has 0 spiro atoms. The third-order valence-electron chi connectivity index (χ3n) is 3.85. The van der Waals surface area contributed by atoms with Gasteiger partial charge in [-0.15, -0.1) is 0 Å². The predicted molar refractivity (Wildman–Crippen MR) is 87.7 cm³/mol. The summed E-state index contributed by atoms with van der Waals surface area (Å²) in [5.41, 5.74) is 0. The average Bonchev–Trinajstić information content (AvgIpc) is 2.34. The van der Waals surface area contributed by atoms with E-state index in [9.17, 15) is 0 Å². The molecule has 2 heteroatoms. The van der Waals surface area contributed by atoms with Crippen molar-refractivity contribution in [1.82, 2.24) is 10.2 Å². The molecule has 0 aliphatic rings. The lowest BCUT2D eigenvalue weighted by atomic mass is 10.0. The number of hydrogen-bond acceptors (Lipinski definition) is 2. The van der Waals surface area contributed by atoms with Crippen LogP contribution >= 0.6 is 0 Å². The minimum atomic E-state index is 0.687. The van der Waals surface area contributed by atoms with Gasteiger partial charge in [-0.1, -0.05) is 41.5 Å². The molecule has 1 N–H and O–H groups in total. The van der Waals surface area contributed by atoms with Gasteiger partial charge in [-0.05, 0) is 51.1 Å². The van der Waals surface area contributed by atoms with Crippen LogP contribution in [0.4, 0.5) is 0 Å². The fourth-order valence-corrected chi connectivity index (χ4v) is 2.74. The summed E-state index contributed by atoms with van der Waals surface area (Å²) in [6.07, 6.45) is 3.80. The van der Waals surface area contributed by atoms with Crippen molar-refractivity contribution in [2.45, 2.75) is 79.8 Å². The highest BCUT2D eigenvalue weighted by atomic mass is 15.2. The molecule has 116 valence electrons. The maximum absolute atomic E-state index is 3.57. The van der Waals surface area contributed by atoms with Gasteiger partial charge in [0.25, 0.3) is 0 Å². The molecule has 1 atom stereocenters. The predicted octanol–water partition coefficient (Wildman–Crippen LogP) is 4.16. The Labute approximate surface area is 122 Å². The second kappa shape index (κ2) is 10.7. The molecule has 0 rings (SSSR count). The van der Waals surface area contributed by atoms with Gasteiger partial charge in [-0.3, -0.25) is 4.90 Å². The zero-order valence-corrected chi connectivity index (χ0v) is 14.5. The molecule has 0 radical (unpaired) electrons. The first-order valence-electron chi connectivity index (χ1n) is 8.38. The molecule has 0 aliphatic heterocycles. The van der Waals surface area contributed by atoms with Crippen LogP contribution in [0.1, 0.15) is 67.7 Å². The van der Waals surface area contributed by atoms with Gasteiger partial charge < -0.3 is 5.32 Å². The minimum absolute atomic E-state index is 0.687. The first-order valence-corrected chi connectivity index (χ1v) is 8.38. The molecule has 19 heavy (non-hydrogen) atoms. The lowest BCUT2D eigenvalue weighted by Crippen LogP contribution is -2.44. The van der Waals surface area contributed by atoms with Gasteiger partial charge in [0.1, 0.15) is 0 Å². The van der Waals surface area contributed by atoms with E-state index in [-0.39, 0.29) is 0 Å². The van der Waals surface area contributed by atoms with Gasteiger partial charge in [-0.25, -0.2) is 0 Å². The highest BCUT2D eigenvalue weighted by Crippen LogP contribution is 2.16. The van der Waals surface area contributed by atoms with Crippen molar-refractivity contribution in [2.75, 3.05) is 19.6 Å². The molecule has 0 fully saturated rings. The van der Waals surface area contributed by atoms with Crippen LogP contribution in [0, 0.1) is 11.8 Å². The van der Waals surface area contributed by atoms with E-state index >= 15 is 0 Å². The third kappa shape index (κ3) is 8.65. The van der Waals surface area contributed by atoms with Crippen LogP contribution in [0.3, 0.4) is 0 Å².